The fourth-order valence-electron chi connectivity index (χ4n) is 2.84. The molecule has 1 fully saturated rings. The highest BCUT2D eigenvalue weighted by Crippen LogP contribution is 2.35. The van der Waals surface area contributed by atoms with Crippen LogP contribution in [0.4, 0.5) is 10.5 Å². The number of nitrogens with one attached hydrogen (secondary N) is 1. The van der Waals surface area contributed by atoms with Gasteiger partial charge in [0.2, 0.25) is 6.79 Å². The lowest BCUT2D eigenvalue weighted by atomic mass is 10.2. The minimum Gasteiger partial charge on any atom is -0.489 e. The number of rotatable bonds is 4. The summed E-state index contributed by atoms with van der Waals surface area (Å²) in [5, 5.41) is 2.92. The third kappa shape index (κ3) is 3.83. The molecule has 7 nitrogen and oxygen atoms in total. The quantitative estimate of drug-likeness (QED) is 0.912. The number of hydrogen-bond donors (Lipinski definition) is 1. The molecule has 2 heterocycles. The Hall–Kier alpha value is -2.93. The number of nitrogens with zero attached hydrogens (tertiary/aromatic N) is 1. The summed E-state index contributed by atoms with van der Waals surface area (Å²) in [6, 6.07) is 13.0. The molecule has 2 aromatic carbocycles. The Balaban J connectivity index is 1.35. The molecule has 26 heavy (non-hydrogen) atoms. The minimum absolute atomic E-state index is 0.109. The lowest BCUT2D eigenvalue weighted by Gasteiger charge is -2.27. The van der Waals surface area contributed by atoms with Crippen LogP contribution in [-0.2, 0) is 11.3 Å². The molecule has 2 amide bonds. The Labute approximate surface area is 151 Å². The molecule has 136 valence electrons. The van der Waals surface area contributed by atoms with Crippen molar-refractivity contribution in [1.82, 2.24) is 4.90 Å². The summed E-state index contributed by atoms with van der Waals surface area (Å²) in [7, 11) is 0. The second-order valence-corrected chi connectivity index (χ2v) is 6.03. The van der Waals surface area contributed by atoms with Gasteiger partial charge in [0, 0.05) is 24.8 Å². The Morgan fingerprint density at radius 3 is 2.81 bits per heavy atom. The SMILES string of the molecule is O=C(Nc1cccc(COc2ccc3c(c2)OCO3)c1)N1CCOCC1. The Kier molecular flexibility index (Phi) is 4.79. The zero-order valence-corrected chi connectivity index (χ0v) is 14.3. The fourth-order valence-corrected chi connectivity index (χ4v) is 2.84. The molecule has 1 N–H and O–H groups in total. The summed E-state index contributed by atoms with van der Waals surface area (Å²) in [4.78, 5) is 14.0. The van der Waals surface area contributed by atoms with Gasteiger partial charge in [0.05, 0.1) is 13.2 Å². The van der Waals surface area contributed by atoms with E-state index in [2.05, 4.69) is 5.32 Å². The summed E-state index contributed by atoms with van der Waals surface area (Å²) in [6.07, 6.45) is 0. The third-order valence-corrected chi connectivity index (χ3v) is 4.23. The van der Waals surface area contributed by atoms with Crippen LogP contribution in [0.2, 0.25) is 0 Å². The van der Waals surface area contributed by atoms with Crippen molar-refractivity contribution in [3.8, 4) is 17.2 Å². The number of morpholine rings is 1. The smallest absolute Gasteiger partial charge is 0.321 e. The number of urea groups is 1. The van der Waals surface area contributed by atoms with Crippen molar-refractivity contribution in [3.63, 3.8) is 0 Å². The van der Waals surface area contributed by atoms with E-state index in [1.165, 1.54) is 0 Å². The van der Waals surface area contributed by atoms with E-state index in [9.17, 15) is 4.79 Å². The highest BCUT2D eigenvalue weighted by Gasteiger charge is 2.17. The van der Waals surface area contributed by atoms with E-state index < -0.39 is 0 Å². The van der Waals surface area contributed by atoms with E-state index in [4.69, 9.17) is 18.9 Å². The molecule has 2 aromatic rings. The lowest BCUT2D eigenvalue weighted by molar-refractivity contribution is 0.0564. The van der Waals surface area contributed by atoms with Gasteiger partial charge in [0.1, 0.15) is 12.4 Å². The molecule has 7 heteroatoms. The molecule has 0 radical (unpaired) electrons. The lowest BCUT2D eigenvalue weighted by Crippen LogP contribution is -2.43. The van der Waals surface area contributed by atoms with Crippen LogP contribution in [0, 0.1) is 0 Å². The fraction of sp³-hybridized carbons (Fsp3) is 0.316. The maximum atomic E-state index is 12.3. The summed E-state index contributed by atoms with van der Waals surface area (Å²) in [5.74, 6) is 2.12. The molecular weight excluding hydrogens is 336 g/mol. The first kappa shape index (κ1) is 16.5. The van der Waals surface area contributed by atoms with Crippen LogP contribution in [0.3, 0.4) is 0 Å². The van der Waals surface area contributed by atoms with E-state index in [1.807, 2.05) is 42.5 Å². The summed E-state index contributed by atoms with van der Waals surface area (Å²) < 4.78 is 21.7. The molecule has 2 aliphatic rings. The Morgan fingerprint density at radius 1 is 1.08 bits per heavy atom. The molecule has 4 rings (SSSR count). The first-order valence-corrected chi connectivity index (χ1v) is 8.53. The number of ether oxygens (including phenoxy) is 4. The van der Waals surface area contributed by atoms with Gasteiger partial charge in [0.15, 0.2) is 11.5 Å². The van der Waals surface area contributed by atoms with Crippen molar-refractivity contribution in [3.05, 3.63) is 48.0 Å². The molecule has 0 bridgehead atoms. The van der Waals surface area contributed by atoms with Crippen molar-refractivity contribution in [2.45, 2.75) is 6.61 Å². The van der Waals surface area contributed by atoms with Crippen LogP contribution in [-0.4, -0.2) is 44.0 Å². The average molecular weight is 356 g/mol. The van der Waals surface area contributed by atoms with Gasteiger partial charge in [-0.1, -0.05) is 12.1 Å². The standard InChI is InChI=1S/C19H20N2O5/c22-19(21-6-8-23-9-7-21)20-15-3-1-2-14(10-15)12-24-16-4-5-17-18(11-16)26-13-25-17/h1-5,10-11H,6-9,12-13H2,(H,20,22). The topological polar surface area (TPSA) is 69.3 Å². The predicted molar refractivity (Wildman–Crippen MR) is 94.7 cm³/mol. The maximum absolute atomic E-state index is 12.3. The minimum atomic E-state index is -0.109. The maximum Gasteiger partial charge on any atom is 0.321 e. The first-order chi connectivity index (χ1) is 12.8. The van der Waals surface area contributed by atoms with E-state index in [-0.39, 0.29) is 12.8 Å². The molecule has 0 unspecified atom stereocenters. The number of fused-ring (bicyclic) bond motifs is 1. The molecule has 2 aliphatic heterocycles. The number of anilines is 1. The highest BCUT2D eigenvalue weighted by molar-refractivity contribution is 5.89. The highest BCUT2D eigenvalue weighted by atomic mass is 16.7. The van der Waals surface area contributed by atoms with Crippen LogP contribution in [0.25, 0.3) is 0 Å². The van der Waals surface area contributed by atoms with Gasteiger partial charge in [-0.2, -0.15) is 0 Å². The van der Waals surface area contributed by atoms with Crippen molar-refractivity contribution < 1.29 is 23.7 Å². The largest absolute Gasteiger partial charge is 0.489 e. The monoisotopic (exact) mass is 356 g/mol. The normalized spacial score (nSPS) is 15.6. The average Bonchev–Trinajstić information content (AvgIpc) is 3.15. The van der Waals surface area contributed by atoms with E-state index in [0.717, 1.165) is 17.0 Å². The van der Waals surface area contributed by atoms with Crippen LogP contribution >= 0.6 is 0 Å². The van der Waals surface area contributed by atoms with Gasteiger partial charge in [0.25, 0.3) is 0 Å². The molecule has 0 saturated carbocycles. The third-order valence-electron chi connectivity index (χ3n) is 4.23. The van der Waals surface area contributed by atoms with Crippen molar-refractivity contribution in [1.29, 1.82) is 0 Å². The first-order valence-electron chi connectivity index (χ1n) is 8.53. The number of carbonyl (C=O) groups excluding carboxylic acids is 1. The Bertz CT molecular complexity index is 789. The second-order valence-electron chi connectivity index (χ2n) is 6.03. The van der Waals surface area contributed by atoms with Crippen LogP contribution in [0.15, 0.2) is 42.5 Å². The van der Waals surface area contributed by atoms with Gasteiger partial charge in [-0.3, -0.25) is 0 Å². The predicted octanol–water partition coefficient (Wildman–Crippen LogP) is 2.86. The molecule has 1 saturated heterocycles. The van der Waals surface area contributed by atoms with Gasteiger partial charge in [-0.25, -0.2) is 4.79 Å². The van der Waals surface area contributed by atoms with Gasteiger partial charge < -0.3 is 29.2 Å². The van der Waals surface area contributed by atoms with Gasteiger partial charge in [-0.15, -0.1) is 0 Å². The number of amides is 2. The number of benzene rings is 2. The van der Waals surface area contributed by atoms with Gasteiger partial charge >= 0.3 is 6.03 Å². The van der Waals surface area contributed by atoms with Crippen LogP contribution in [0.5, 0.6) is 17.2 Å². The molecule has 0 atom stereocenters. The zero-order chi connectivity index (χ0) is 17.8. The molecule has 0 aromatic heterocycles. The molecule has 0 aliphatic carbocycles. The number of hydrogen-bond acceptors (Lipinski definition) is 5. The summed E-state index contributed by atoms with van der Waals surface area (Å²) in [5.41, 5.74) is 1.70. The molecule has 0 spiro atoms. The van der Waals surface area contributed by atoms with Crippen molar-refractivity contribution in [2.24, 2.45) is 0 Å². The number of carbonyl (C=O) groups is 1. The van der Waals surface area contributed by atoms with E-state index >= 15 is 0 Å². The van der Waals surface area contributed by atoms with E-state index in [0.29, 0.717) is 44.4 Å². The second kappa shape index (κ2) is 7.53. The summed E-state index contributed by atoms with van der Waals surface area (Å²) >= 11 is 0. The van der Waals surface area contributed by atoms with Crippen LogP contribution in [0.1, 0.15) is 5.56 Å². The summed E-state index contributed by atoms with van der Waals surface area (Å²) in [6.45, 7) is 3.01. The van der Waals surface area contributed by atoms with Crippen LogP contribution < -0.4 is 19.5 Å². The molecular formula is C19H20N2O5. The van der Waals surface area contributed by atoms with Crippen molar-refractivity contribution in [2.75, 3.05) is 38.4 Å². The zero-order valence-electron chi connectivity index (χ0n) is 14.3. The van der Waals surface area contributed by atoms with Gasteiger partial charge in [-0.05, 0) is 29.8 Å². The Morgan fingerprint density at radius 2 is 1.92 bits per heavy atom. The van der Waals surface area contributed by atoms with E-state index in [1.54, 1.807) is 4.90 Å². The van der Waals surface area contributed by atoms with Crippen molar-refractivity contribution >= 4 is 11.7 Å².